The summed E-state index contributed by atoms with van der Waals surface area (Å²) in [6.07, 6.45) is 12.6. The van der Waals surface area contributed by atoms with Gasteiger partial charge < -0.3 is 15.2 Å². The highest BCUT2D eigenvalue weighted by Crippen LogP contribution is 2.34. The minimum absolute atomic E-state index is 0.177. The van der Waals surface area contributed by atoms with Crippen LogP contribution in [0.2, 0.25) is 0 Å². The normalized spacial score (nSPS) is 20.2. The molecule has 0 aliphatic heterocycles. The minimum Gasteiger partial charge on any atom is -0.480 e. The Bertz CT molecular complexity index is 1010. The molecular weight excluding hydrogens is 430 g/mol. The zero-order chi connectivity index (χ0) is 24.1. The number of aryl methyl sites for hydroxylation is 5. The molecule has 2 heterocycles. The number of nitrogens with one attached hydrogen (secondary N) is 1. The van der Waals surface area contributed by atoms with Gasteiger partial charge in [-0.3, -0.25) is 14.8 Å². The van der Waals surface area contributed by atoms with Crippen LogP contribution in [0.3, 0.4) is 0 Å². The van der Waals surface area contributed by atoms with Gasteiger partial charge in [-0.05, 0) is 93.9 Å². The molecule has 1 atom stereocenters. The highest BCUT2D eigenvalue weighted by molar-refractivity contribution is 5.98. The summed E-state index contributed by atoms with van der Waals surface area (Å²) >= 11 is 0. The molecular formula is C27H35N3O4. The van der Waals surface area contributed by atoms with Gasteiger partial charge in [0.15, 0.2) is 0 Å². The molecule has 1 unspecified atom stereocenters. The first-order chi connectivity index (χ1) is 16.4. The maximum atomic E-state index is 12.6. The van der Waals surface area contributed by atoms with Crippen molar-refractivity contribution in [3.63, 3.8) is 0 Å². The van der Waals surface area contributed by atoms with Crippen LogP contribution in [-0.4, -0.2) is 45.7 Å². The molecule has 34 heavy (non-hydrogen) atoms. The molecule has 182 valence electrons. The van der Waals surface area contributed by atoms with Crippen molar-refractivity contribution in [1.82, 2.24) is 15.3 Å². The van der Waals surface area contributed by atoms with Gasteiger partial charge in [0.1, 0.15) is 6.04 Å². The predicted octanol–water partition coefficient (Wildman–Crippen LogP) is 3.97. The number of hydrogen-bond acceptors (Lipinski definition) is 5. The molecule has 0 aromatic carbocycles. The largest absolute Gasteiger partial charge is 0.480 e. The second-order valence-electron chi connectivity index (χ2n) is 9.79. The van der Waals surface area contributed by atoms with E-state index in [2.05, 4.69) is 22.4 Å². The van der Waals surface area contributed by atoms with Crippen LogP contribution in [-0.2, 0) is 28.8 Å². The van der Waals surface area contributed by atoms with Gasteiger partial charge in [0, 0.05) is 42.4 Å². The first-order valence-electron chi connectivity index (χ1n) is 12.4. The standard InChI is InChI=1S/C27H35N3O4/c1-17-15-28-16-18(2)25(17)26(31)30-24(27(32)33)11-12-34-22-13-19(14-22)7-9-21-10-8-20-5-3-4-6-23(20)29-21/h8,10,15-16,19,22,24H,3-7,9,11-14H2,1-2H3,(H,30,31)(H,32,33). The topological polar surface area (TPSA) is 101 Å². The fourth-order valence-electron chi connectivity index (χ4n) is 5.06. The number of carbonyl (C=O) groups is 2. The Kier molecular flexibility index (Phi) is 7.93. The number of pyridine rings is 2. The van der Waals surface area contributed by atoms with Gasteiger partial charge in [-0.2, -0.15) is 0 Å². The Morgan fingerprint density at radius 3 is 2.62 bits per heavy atom. The van der Waals surface area contributed by atoms with E-state index in [1.54, 1.807) is 26.2 Å². The van der Waals surface area contributed by atoms with Gasteiger partial charge in [-0.25, -0.2) is 4.79 Å². The van der Waals surface area contributed by atoms with Crippen molar-refractivity contribution in [1.29, 1.82) is 0 Å². The number of aliphatic carboxylic acids is 1. The van der Waals surface area contributed by atoms with Crippen LogP contribution in [0.25, 0.3) is 0 Å². The molecule has 2 N–H and O–H groups in total. The Morgan fingerprint density at radius 1 is 1.15 bits per heavy atom. The summed E-state index contributed by atoms with van der Waals surface area (Å²) < 4.78 is 5.91. The lowest BCUT2D eigenvalue weighted by Crippen LogP contribution is -2.42. The third-order valence-corrected chi connectivity index (χ3v) is 7.15. The number of fused-ring (bicyclic) bond motifs is 1. The molecule has 7 heteroatoms. The monoisotopic (exact) mass is 465 g/mol. The van der Waals surface area contributed by atoms with E-state index in [1.807, 2.05) is 0 Å². The van der Waals surface area contributed by atoms with E-state index in [-0.39, 0.29) is 18.4 Å². The Labute approximate surface area is 201 Å². The molecule has 0 radical (unpaired) electrons. The molecule has 2 aromatic heterocycles. The lowest BCUT2D eigenvalue weighted by molar-refractivity contribution is -0.140. The van der Waals surface area contributed by atoms with E-state index in [4.69, 9.17) is 9.72 Å². The number of carboxylic acid groups (broad SMARTS) is 1. The van der Waals surface area contributed by atoms with Crippen LogP contribution >= 0.6 is 0 Å². The third kappa shape index (κ3) is 6.00. The zero-order valence-electron chi connectivity index (χ0n) is 20.2. The van der Waals surface area contributed by atoms with E-state index in [9.17, 15) is 14.7 Å². The summed E-state index contributed by atoms with van der Waals surface area (Å²) in [5.41, 5.74) is 5.86. The summed E-state index contributed by atoms with van der Waals surface area (Å²) in [6.45, 7) is 3.90. The predicted molar refractivity (Wildman–Crippen MR) is 129 cm³/mol. The van der Waals surface area contributed by atoms with Crippen molar-refractivity contribution in [2.24, 2.45) is 5.92 Å². The molecule has 1 amide bonds. The SMILES string of the molecule is Cc1cncc(C)c1C(=O)NC(CCOC1CC(CCc2ccc3c(n2)CCCC3)C1)C(=O)O. The van der Waals surface area contributed by atoms with E-state index in [0.29, 0.717) is 18.1 Å². The van der Waals surface area contributed by atoms with Crippen molar-refractivity contribution in [3.8, 4) is 0 Å². The van der Waals surface area contributed by atoms with Crippen LogP contribution in [0.5, 0.6) is 0 Å². The number of rotatable bonds is 10. The summed E-state index contributed by atoms with van der Waals surface area (Å²) in [5, 5.41) is 12.2. The average molecular weight is 466 g/mol. The van der Waals surface area contributed by atoms with Crippen LogP contribution < -0.4 is 5.32 Å². The van der Waals surface area contributed by atoms with Crippen molar-refractivity contribution >= 4 is 11.9 Å². The molecule has 1 fully saturated rings. The third-order valence-electron chi connectivity index (χ3n) is 7.15. The van der Waals surface area contributed by atoms with E-state index < -0.39 is 12.0 Å². The second-order valence-corrected chi connectivity index (χ2v) is 9.79. The fourth-order valence-corrected chi connectivity index (χ4v) is 5.06. The number of carboxylic acids is 1. The molecule has 2 aliphatic rings. The van der Waals surface area contributed by atoms with Crippen LogP contribution in [0.15, 0.2) is 24.5 Å². The van der Waals surface area contributed by atoms with E-state index >= 15 is 0 Å². The molecule has 0 saturated heterocycles. The van der Waals surface area contributed by atoms with Crippen molar-refractivity contribution in [2.75, 3.05) is 6.61 Å². The van der Waals surface area contributed by atoms with Gasteiger partial charge in [0.25, 0.3) is 5.91 Å². The van der Waals surface area contributed by atoms with Crippen molar-refractivity contribution in [2.45, 2.75) is 83.8 Å². The smallest absolute Gasteiger partial charge is 0.326 e. The Morgan fingerprint density at radius 2 is 1.88 bits per heavy atom. The van der Waals surface area contributed by atoms with Crippen molar-refractivity contribution in [3.05, 3.63) is 58.2 Å². The highest BCUT2D eigenvalue weighted by Gasteiger charge is 2.30. The van der Waals surface area contributed by atoms with Gasteiger partial charge in [-0.15, -0.1) is 0 Å². The number of ether oxygens (including phenoxy) is 1. The molecule has 2 aliphatic carbocycles. The van der Waals surface area contributed by atoms with Gasteiger partial charge in [0.05, 0.1) is 6.10 Å². The quantitative estimate of drug-likeness (QED) is 0.551. The van der Waals surface area contributed by atoms with Crippen LogP contribution in [0.4, 0.5) is 0 Å². The zero-order valence-corrected chi connectivity index (χ0v) is 20.2. The lowest BCUT2D eigenvalue weighted by Gasteiger charge is -2.35. The molecule has 0 bridgehead atoms. The Balaban J connectivity index is 1.17. The highest BCUT2D eigenvalue weighted by atomic mass is 16.5. The van der Waals surface area contributed by atoms with Crippen LogP contribution in [0, 0.1) is 19.8 Å². The summed E-state index contributed by atoms with van der Waals surface area (Å²) in [7, 11) is 0. The first-order valence-corrected chi connectivity index (χ1v) is 12.4. The van der Waals surface area contributed by atoms with Crippen LogP contribution in [0.1, 0.15) is 77.0 Å². The van der Waals surface area contributed by atoms with E-state index in [0.717, 1.165) is 43.2 Å². The summed E-state index contributed by atoms with van der Waals surface area (Å²) in [5.74, 6) is -0.801. The van der Waals surface area contributed by atoms with Gasteiger partial charge in [-0.1, -0.05) is 6.07 Å². The van der Waals surface area contributed by atoms with Gasteiger partial charge >= 0.3 is 5.97 Å². The maximum absolute atomic E-state index is 12.6. The second kappa shape index (κ2) is 11.1. The number of aromatic nitrogens is 2. The molecule has 7 nitrogen and oxygen atoms in total. The minimum atomic E-state index is -1.05. The average Bonchev–Trinajstić information content (AvgIpc) is 2.78. The molecule has 2 aromatic rings. The molecule has 4 rings (SSSR count). The number of nitrogens with zero attached hydrogens (tertiary/aromatic N) is 2. The summed E-state index contributed by atoms with van der Waals surface area (Å²) in [6, 6.07) is 3.47. The number of amides is 1. The van der Waals surface area contributed by atoms with E-state index in [1.165, 1.54) is 36.2 Å². The summed E-state index contributed by atoms with van der Waals surface area (Å²) in [4.78, 5) is 33.2. The van der Waals surface area contributed by atoms with Crippen molar-refractivity contribution < 1.29 is 19.4 Å². The lowest BCUT2D eigenvalue weighted by atomic mass is 9.79. The first kappa shape index (κ1) is 24.3. The fraction of sp³-hybridized carbons (Fsp3) is 0.556. The molecule has 0 spiro atoms. The maximum Gasteiger partial charge on any atom is 0.326 e. The van der Waals surface area contributed by atoms with Gasteiger partial charge in [0.2, 0.25) is 0 Å². The number of hydrogen-bond donors (Lipinski definition) is 2. The Hall–Kier alpha value is -2.80. The molecule has 1 saturated carbocycles. The number of carbonyl (C=O) groups excluding carboxylic acids is 1.